The number of amides is 1. The largest absolute Gasteiger partial charge is 0.490 e. The van der Waals surface area contributed by atoms with Gasteiger partial charge in [-0.25, -0.2) is 9.59 Å². The van der Waals surface area contributed by atoms with Crippen LogP contribution in [-0.2, 0) is 4.79 Å². The second kappa shape index (κ2) is 12.1. The predicted octanol–water partition coefficient (Wildman–Crippen LogP) is 6.46. The highest BCUT2D eigenvalue weighted by Gasteiger charge is 2.20. The highest BCUT2D eigenvalue weighted by Crippen LogP contribution is 2.38. The fraction of sp³-hybridized carbons (Fsp3) is 0.0667. The maximum absolute atomic E-state index is 13.1. The molecule has 8 nitrogen and oxygen atoms in total. The quantitative estimate of drug-likeness (QED) is 0.105. The molecular formula is C30H21BrN2O6. The van der Waals surface area contributed by atoms with Crippen molar-refractivity contribution in [3.8, 4) is 17.6 Å². The van der Waals surface area contributed by atoms with Crippen LogP contribution in [0.2, 0.25) is 0 Å². The van der Waals surface area contributed by atoms with Gasteiger partial charge in [-0.15, -0.1) is 0 Å². The van der Waals surface area contributed by atoms with E-state index in [2.05, 4.69) is 21.2 Å². The number of para-hydroxylation sites is 1. The molecule has 0 aliphatic carbocycles. The van der Waals surface area contributed by atoms with E-state index in [4.69, 9.17) is 9.47 Å². The first-order valence-electron chi connectivity index (χ1n) is 11.7. The Morgan fingerprint density at radius 2 is 1.69 bits per heavy atom. The summed E-state index contributed by atoms with van der Waals surface area (Å²) < 4.78 is 11.8. The zero-order valence-electron chi connectivity index (χ0n) is 20.6. The number of anilines is 1. The second-order valence-electron chi connectivity index (χ2n) is 8.15. The fourth-order valence-corrected chi connectivity index (χ4v) is 4.41. The number of fused-ring (bicyclic) bond motifs is 1. The minimum absolute atomic E-state index is 0.0584. The lowest BCUT2D eigenvalue weighted by Gasteiger charge is -2.14. The van der Waals surface area contributed by atoms with E-state index in [-0.39, 0.29) is 34.9 Å². The molecule has 0 unspecified atom stereocenters. The molecule has 0 aliphatic rings. The van der Waals surface area contributed by atoms with Gasteiger partial charge < -0.3 is 19.9 Å². The van der Waals surface area contributed by atoms with Crippen molar-refractivity contribution in [3.05, 3.63) is 106 Å². The van der Waals surface area contributed by atoms with E-state index in [0.29, 0.717) is 15.6 Å². The van der Waals surface area contributed by atoms with Crippen molar-refractivity contribution in [2.24, 2.45) is 0 Å². The van der Waals surface area contributed by atoms with Gasteiger partial charge in [0.2, 0.25) is 0 Å². The third-order valence-electron chi connectivity index (χ3n) is 5.62. The van der Waals surface area contributed by atoms with Crippen LogP contribution in [0.4, 0.5) is 5.69 Å². The van der Waals surface area contributed by atoms with E-state index in [1.807, 2.05) is 36.4 Å². The van der Waals surface area contributed by atoms with E-state index >= 15 is 0 Å². The summed E-state index contributed by atoms with van der Waals surface area (Å²) in [4.78, 5) is 37.4. The third kappa shape index (κ3) is 6.14. The molecule has 4 rings (SSSR count). The summed E-state index contributed by atoms with van der Waals surface area (Å²) in [5, 5.41) is 23.1. The molecule has 1 amide bonds. The predicted molar refractivity (Wildman–Crippen MR) is 150 cm³/mol. The summed E-state index contributed by atoms with van der Waals surface area (Å²) in [7, 11) is 0. The van der Waals surface area contributed by atoms with Gasteiger partial charge in [0.25, 0.3) is 5.91 Å². The summed E-state index contributed by atoms with van der Waals surface area (Å²) in [6.45, 7) is 2.02. The lowest BCUT2D eigenvalue weighted by Crippen LogP contribution is -2.16. The molecule has 0 fully saturated rings. The fourth-order valence-electron chi connectivity index (χ4n) is 3.87. The van der Waals surface area contributed by atoms with Gasteiger partial charge in [-0.3, -0.25) is 4.79 Å². The Kier molecular flexibility index (Phi) is 8.39. The number of rotatable bonds is 8. The molecule has 0 aliphatic heterocycles. The van der Waals surface area contributed by atoms with Gasteiger partial charge in [-0.1, -0.05) is 48.5 Å². The number of carbonyl (C=O) groups is 3. The molecule has 0 saturated carbocycles. The Labute approximate surface area is 232 Å². The van der Waals surface area contributed by atoms with Crippen molar-refractivity contribution in [2.45, 2.75) is 6.92 Å². The molecule has 0 atom stereocenters. The number of aromatic carboxylic acids is 1. The monoisotopic (exact) mass is 584 g/mol. The normalized spacial score (nSPS) is 10.9. The summed E-state index contributed by atoms with van der Waals surface area (Å²) in [5.74, 6) is -2.21. The summed E-state index contributed by atoms with van der Waals surface area (Å²) >= 11 is 3.41. The van der Waals surface area contributed by atoms with Crippen molar-refractivity contribution in [2.75, 3.05) is 11.9 Å². The molecule has 0 saturated heterocycles. The van der Waals surface area contributed by atoms with E-state index in [1.165, 1.54) is 30.3 Å². The van der Waals surface area contributed by atoms with Crippen LogP contribution in [0.15, 0.2) is 88.9 Å². The molecule has 0 radical (unpaired) electrons. The van der Waals surface area contributed by atoms with Crippen LogP contribution in [0.25, 0.3) is 16.8 Å². The average Bonchev–Trinajstić information content (AvgIpc) is 2.93. The Bertz CT molecular complexity index is 1670. The van der Waals surface area contributed by atoms with Gasteiger partial charge in [0, 0.05) is 0 Å². The molecule has 4 aromatic carbocycles. The zero-order valence-corrected chi connectivity index (χ0v) is 22.2. The molecule has 0 bridgehead atoms. The number of halogens is 1. The Morgan fingerprint density at radius 1 is 1.00 bits per heavy atom. The van der Waals surface area contributed by atoms with E-state index in [1.54, 1.807) is 31.2 Å². The van der Waals surface area contributed by atoms with Crippen molar-refractivity contribution < 1.29 is 29.0 Å². The first kappa shape index (κ1) is 27.1. The number of hydrogen-bond donors (Lipinski definition) is 2. The van der Waals surface area contributed by atoms with E-state index in [9.17, 15) is 24.8 Å². The molecular weight excluding hydrogens is 564 g/mol. The number of nitrogens with one attached hydrogen (secondary N) is 1. The van der Waals surface area contributed by atoms with Gasteiger partial charge >= 0.3 is 11.9 Å². The molecule has 9 heteroatoms. The number of carbonyl (C=O) groups excluding carboxylic acids is 2. The number of nitrogens with zero attached hydrogens (tertiary/aromatic N) is 1. The smallest absolute Gasteiger partial charge is 0.344 e. The van der Waals surface area contributed by atoms with Gasteiger partial charge in [-0.05, 0) is 75.6 Å². The molecule has 0 aromatic heterocycles. The number of ether oxygens (including phenoxy) is 2. The minimum Gasteiger partial charge on any atom is -0.490 e. The van der Waals surface area contributed by atoms with Gasteiger partial charge in [-0.2, -0.15) is 5.26 Å². The number of hydrogen-bond acceptors (Lipinski definition) is 6. The number of benzene rings is 4. The Morgan fingerprint density at radius 3 is 2.44 bits per heavy atom. The lowest BCUT2D eigenvalue weighted by atomic mass is 10.0. The topological polar surface area (TPSA) is 126 Å². The number of esters is 1. The Hall–Kier alpha value is -4.94. The van der Waals surface area contributed by atoms with Crippen LogP contribution in [0, 0.1) is 11.3 Å². The molecule has 39 heavy (non-hydrogen) atoms. The van der Waals surface area contributed by atoms with Crippen LogP contribution < -0.4 is 14.8 Å². The standard InChI is InChI=1S/C30H21BrN2O6/c1-2-38-26-16-18(14-20(17-32)28(34)33-25-13-6-5-11-23(25)29(35)36)15-24(31)27(26)39-30(37)22-12-7-9-19-8-3-4-10-21(19)22/h3-16H,2H2,1H3,(H,33,34)(H,35,36)/b20-14+. The van der Waals surface area contributed by atoms with Crippen LogP contribution in [-0.4, -0.2) is 29.6 Å². The van der Waals surface area contributed by atoms with Crippen molar-refractivity contribution in [1.82, 2.24) is 0 Å². The number of nitriles is 1. The van der Waals surface area contributed by atoms with E-state index in [0.717, 1.165) is 10.8 Å². The lowest BCUT2D eigenvalue weighted by molar-refractivity contribution is -0.112. The molecule has 0 heterocycles. The molecule has 4 aromatic rings. The summed E-state index contributed by atoms with van der Waals surface area (Å²) in [6, 6.07) is 23.6. The summed E-state index contributed by atoms with van der Waals surface area (Å²) in [5.41, 5.74) is 0.472. The van der Waals surface area contributed by atoms with Gasteiger partial charge in [0.05, 0.1) is 27.9 Å². The van der Waals surface area contributed by atoms with Crippen molar-refractivity contribution in [3.63, 3.8) is 0 Å². The van der Waals surface area contributed by atoms with Crippen LogP contribution in [0.1, 0.15) is 33.2 Å². The average molecular weight is 585 g/mol. The molecule has 2 N–H and O–H groups in total. The van der Waals surface area contributed by atoms with Gasteiger partial charge in [0.15, 0.2) is 11.5 Å². The van der Waals surface area contributed by atoms with Crippen molar-refractivity contribution >= 4 is 56.3 Å². The van der Waals surface area contributed by atoms with E-state index < -0.39 is 17.8 Å². The van der Waals surface area contributed by atoms with Crippen LogP contribution in [0.3, 0.4) is 0 Å². The van der Waals surface area contributed by atoms with Gasteiger partial charge in [0.1, 0.15) is 11.6 Å². The maximum atomic E-state index is 13.1. The highest BCUT2D eigenvalue weighted by molar-refractivity contribution is 9.10. The third-order valence-corrected chi connectivity index (χ3v) is 6.21. The Balaban J connectivity index is 1.65. The highest BCUT2D eigenvalue weighted by atomic mass is 79.9. The number of carboxylic acid groups (broad SMARTS) is 1. The second-order valence-corrected chi connectivity index (χ2v) is 9.01. The number of carboxylic acids is 1. The molecule has 0 spiro atoms. The first-order chi connectivity index (χ1) is 18.8. The SMILES string of the molecule is CCOc1cc(/C=C(\C#N)C(=O)Nc2ccccc2C(=O)O)cc(Br)c1OC(=O)c1cccc2ccccc12. The van der Waals surface area contributed by atoms with Crippen LogP contribution in [0.5, 0.6) is 11.5 Å². The summed E-state index contributed by atoms with van der Waals surface area (Å²) in [6.07, 6.45) is 1.32. The molecule has 194 valence electrons. The minimum atomic E-state index is -1.22. The maximum Gasteiger partial charge on any atom is 0.344 e. The van der Waals surface area contributed by atoms with Crippen LogP contribution >= 0.6 is 15.9 Å². The first-order valence-corrected chi connectivity index (χ1v) is 12.5. The van der Waals surface area contributed by atoms with Crippen molar-refractivity contribution in [1.29, 1.82) is 5.26 Å². The zero-order chi connectivity index (χ0) is 27.9.